The van der Waals surface area contributed by atoms with E-state index in [1.165, 1.54) is 29.5 Å². The summed E-state index contributed by atoms with van der Waals surface area (Å²) in [7, 11) is 0. The van der Waals surface area contributed by atoms with Crippen molar-refractivity contribution < 1.29 is 0 Å². The SMILES string of the molecule is c1ccc(C23CCNC2c2ccccc2C3)cc1. The van der Waals surface area contributed by atoms with Gasteiger partial charge in [0, 0.05) is 11.5 Å². The number of hydrogen-bond acceptors (Lipinski definition) is 1. The van der Waals surface area contributed by atoms with Gasteiger partial charge < -0.3 is 5.32 Å². The van der Waals surface area contributed by atoms with E-state index in [9.17, 15) is 0 Å². The zero-order chi connectivity index (χ0) is 12.0. The van der Waals surface area contributed by atoms with Gasteiger partial charge in [0.15, 0.2) is 0 Å². The van der Waals surface area contributed by atoms with Crippen molar-refractivity contribution in [2.24, 2.45) is 0 Å². The summed E-state index contributed by atoms with van der Waals surface area (Å²) in [6, 6.07) is 20.5. The van der Waals surface area contributed by atoms with Crippen LogP contribution in [0, 0.1) is 0 Å². The molecule has 4 rings (SSSR count). The zero-order valence-corrected chi connectivity index (χ0v) is 10.4. The summed E-state index contributed by atoms with van der Waals surface area (Å²) in [6.07, 6.45) is 2.43. The minimum Gasteiger partial charge on any atom is -0.309 e. The summed E-state index contributed by atoms with van der Waals surface area (Å²) in [6.45, 7) is 1.13. The lowest BCUT2D eigenvalue weighted by Crippen LogP contribution is -2.29. The topological polar surface area (TPSA) is 12.0 Å². The van der Waals surface area contributed by atoms with Crippen molar-refractivity contribution in [3.63, 3.8) is 0 Å². The Balaban J connectivity index is 1.88. The molecule has 0 amide bonds. The van der Waals surface area contributed by atoms with Crippen LogP contribution in [0.5, 0.6) is 0 Å². The first-order valence-corrected chi connectivity index (χ1v) is 6.77. The van der Waals surface area contributed by atoms with E-state index in [0.717, 1.165) is 6.54 Å². The van der Waals surface area contributed by atoms with Crippen LogP contribution in [-0.2, 0) is 11.8 Å². The Morgan fingerprint density at radius 3 is 2.61 bits per heavy atom. The lowest BCUT2D eigenvalue weighted by Gasteiger charge is -2.29. The van der Waals surface area contributed by atoms with Gasteiger partial charge >= 0.3 is 0 Å². The number of nitrogens with one attached hydrogen (secondary N) is 1. The molecule has 1 saturated heterocycles. The van der Waals surface area contributed by atoms with Crippen LogP contribution in [0.2, 0.25) is 0 Å². The second-order valence-electron chi connectivity index (χ2n) is 5.53. The molecule has 0 radical (unpaired) electrons. The first-order chi connectivity index (χ1) is 8.90. The van der Waals surface area contributed by atoms with Crippen LogP contribution >= 0.6 is 0 Å². The molecular formula is C17H17N. The van der Waals surface area contributed by atoms with E-state index >= 15 is 0 Å². The number of hydrogen-bond donors (Lipinski definition) is 1. The van der Waals surface area contributed by atoms with Gasteiger partial charge in [-0.2, -0.15) is 0 Å². The third-order valence-electron chi connectivity index (χ3n) is 4.69. The first kappa shape index (κ1) is 10.3. The van der Waals surface area contributed by atoms with Gasteiger partial charge in [0.1, 0.15) is 0 Å². The van der Waals surface area contributed by atoms with Gasteiger partial charge in [0.25, 0.3) is 0 Å². The van der Waals surface area contributed by atoms with Gasteiger partial charge in [-0.1, -0.05) is 54.6 Å². The van der Waals surface area contributed by atoms with Crippen LogP contribution in [0.25, 0.3) is 0 Å². The molecule has 1 heterocycles. The smallest absolute Gasteiger partial charge is 0.0424 e. The highest BCUT2D eigenvalue weighted by molar-refractivity contribution is 5.47. The zero-order valence-electron chi connectivity index (χ0n) is 10.4. The third kappa shape index (κ3) is 1.25. The van der Waals surface area contributed by atoms with Crippen molar-refractivity contribution in [3.8, 4) is 0 Å². The van der Waals surface area contributed by atoms with Gasteiger partial charge in [-0.25, -0.2) is 0 Å². The molecule has 0 bridgehead atoms. The molecule has 1 N–H and O–H groups in total. The van der Waals surface area contributed by atoms with E-state index in [-0.39, 0.29) is 0 Å². The highest BCUT2D eigenvalue weighted by Gasteiger charge is 2.49. The van der Waals surface area contributed by atoms with Crippen LogP contribution in [0.15, 0.2) is 54.6 Å². The molecule has 1 fully saturated rings. The Kier molecular flexibility index (Phi) is 2.12. The molecular weight excluding hydrogens is 218 g/mol. The van der Waals surface area contributed by atoms with Gasteiger partial charge in [-0.3, -0.25) is 0 Å². The summed E-state index contributed by atoms with van der Waals surface area (Å²) < 4.78 is 0. The van der Waals surface area contributed by atoms with Crippen molar-refractivity contribution >= 4 is 0 Å². The fraction of sp³-hybridized carbons (Fsp3) is 0.294. The Morgan fingerprint density at radius 2 is 1.72 bits per heavy atom. The molecule has 90 valence electrons. The molecule has 2 atom stereocenters. The predicted molar refractivity (Wildman–Crippen MR) is 73.6 cm³/mol. The molecule has 1 heteroatoms. The first-order valence-electron chi connectivity index (χ1n) is 6.77. The summed E-state index contributed by atoms with van der Waals surface area (Å²) in [5.74, 6) is 0. The van der Waals surface area contributed by atoms with E-state index in [1.807, 2.05) is 0 Å². The minimum absolute atomic E-state index is 0.297. The van der Waals surface area contributed by atoms with Gasteiger partial charge in [-0.05, 0) is 36.1 Å². The Bertz CT molecular complexity index is 575. The third-order valence-corrected chi connectivity index (χ3v) is 4.69. The van der Waals surface area contributed by atoms with E-state index in [4.69, 9.17) is 0 Å². The molecule has 2 aromatic rings. The Morgan fingerprint density at radius 1 is 0.944 bits per heavy atom. The van der Waals surface area contributed by atoms with Crippen LogP contribution in [0.1, 0.15) is 29.2 Å². The maximum atomic E-state index is 3.71. The van der Waals surface area contributed by atoms with Crippen LogP contribution in [0.4, 0.5) is 0 Å². The van der Waals surface area contributed by atoms with Crippen molar-refractivity contribution in [3.05, 3.63) is 71.3 Å². The lowest BCUT2D eigenvalue weighted by molar-refractivity contribution is 0.408. The van der Waals surface area contributed by atoms with E-state index in [0.29, 0.717) is 11.5 Å². The molecule has 1 aliphatic carbocycles. The maximum Gasteiger partial charge on any atom is 0.0424 e. The fourth-order valence-corrected chi connectivity index (χ4v) is 3.88. The molecule has 18 heavy (non-hydrogen) atoms. The molecule has 1 nitrogen and oxygen atoms in total. The molecule has 0 spiro atoms. The number of rotatable bonds is 1. The van der Waals surface area contributed by atoms with E-state index in [2.05, 4.69) is 59.9 Å². The molecule has 0 saturated carbocycles. The predicted octanol–water partition coefficient (Wildman–Crippen LogP) is 3.22. The summed E-state index contributed by atoms with van der Waals surface area (Å²) in [5.41, 5.74) is 4.83. The van der Waals surface area contributed by atoms with Crippen LogP contribution < -0.4 is 5.32 Å². The molecule has 1 aliphatic heterocycles. The molecule has 2 unspecified atom stereocenters. The van der Waals surface area contributed by atoms with Gasteiger partial charge in [-0.15, -0.1) is 0 Å². The highest BCUT2D eigenvalue weighted by Crippen LogP contribution is 2.52. The molecule has 2 aromatic carbocycles. The van der Waals surface area contributed by atoms with Crippen molar-refractivity contribution in [2.75, 3.05) is 6.54 Å². The van der Waals surface area contributed by atoms with Crippen molar-refractivity contribution in [1.82, 2.24) is 5.32 Å². The van der Waals surface area contributed by atoms with Gasteiger partial charge in [0.05, 0.1) is 0 Å². The molecule has 2 aliphatic rings. The largest absolute Gasteiger partial charge is 0.309 e. The fourth-order valence-electron chi connectivity index (χ4n) is 3.88. The standard InChI is InChI=1S/C17H17N/c1-2-7-14(8-3-1)17-10-11-18-16(17)15-9-5-4-6-13(15)12-17/h1-9,16,18H,10-12H2. The summed E-state index contributed by atoms with van der Waals surface area (Å²) >= 11 is 0. The van der Waals surface area contributed by atoms with E-state index in [1.54, 1.807) is 0 Å². The quantitative estimate of drug-likeness (QED) is 0.800. The maximum absolute atomic E-state index is 3.71. The number of fused-ring (bicyclic) bond motifs is 3. The average Bonchev–Trinajstić information content (AvgIpc) is 2.96. The van der Waals surface area contributed by atoms with Gasteiger partial charge in [0.2, 0.25) is 0 Å². The summed E-state index contributed by atoms with van der Waals surface area (Å²) in [4.78, 5) is 0. The Labute approximate surface area is 108 Å². The van der Waals surface area contributed by atoms with E-state index < -0.39 is 0 Å². The van der Waals surface area contributed by atoms with Crippen molar-refractivity contribution in [2.45, 2.75) is 24.3 Å². The molecule has 0 aromatic heterocycles. The van der Waals surface area contributed by atoms with Crippen LogP contribution in [0.3, 0.4) is 0 Å². The normalized spacial score (nSPS) is 29.0. The summed E-state index contributed by atoms with van der Waals surface area (Å²) in [5, 5.41) is 3.71. The highest BCUT2D eigenvalue weighted by atomic mass is 15.0. The Hall–Kier alpha value is -1.60. The average molecular weight is 235 g/mol. The lowest BCUT2D eigenvalue weighted by atomic mass is 9.75. The monoisotopic (exact) mass is 235 g/mol. The second-order valence-corrected chi connectivity index (χ2v) is 5.53. The second kappa shape index (κ2) is 3.69. The van der Waals surface area contributed by atoms with Crippen molar-refractivity contribution in [1.29, 1.82) is 0 Å². The number of benzene rings is 2. The van der Waals surface area contributed by atoms with Crippen LogP contribution in [-0.4, -0.2) is 6.54 Å². The minimum atomic E-state index is 0.297.